The summed E-state index contributed by atoms with van der Waals surface area (Å²) in [4.78, 5) is 42.8. The van der Waals surface area contributed by atoms with Crippen LogP contribution in [0.3, 0.4) is 0 Å². The van der Waals surface area contributed by atoms with Crippen molar-refractivity contribution in [2.45, 2.75) is 25.7 Å². The maximum absolute atomic E-state index is 13.5. The Balaban J connectivity index is 1.51. The minimum Gasteiger partial charge on any atom is -0.494 e. The van der Waals surface area contributed by atoms with Crippen LogP contribution in [-0.2, 0) is 11.2 Å². The molecule has 9 nitrogen and oxygen atoms in total. The van der Waals surface area contributed by atoms with Gasteiger partial charge in [-0.2, -0.15) is 4.98 Å². The molecule has 198 valence electrons. The van der Waals surface area contributed by atoms with Gasteiger partial charge in [0.15, 0.2) is 15.6 Å². The number of nitrogens with one attached hydrogen (secondary N) is 2. The molecule has 12 heteroatoms. The highest BCUT2D eigenvalue weighted by Gasteiger charge is 2.22. The summed E-state index contributed by atoms with van der Waals surface area (Å²) >= 11 is 1.14. The summed E-state index contributed by atoms with van der Waals surface area (Å²) in [6.45, 7) is 0. The summed E-state index contributed by atoms with van der Waals surface area (Å²) in [6, 6.07) is 5.93. The first-order valence-corrected chi connectivity index (χ1v) is 12.8. The number of alkyl halides is 2. The van der Waals surface area contributed by atoms with E-state index in [1.807, 2.05) is 0 Å². The van der Waals surface area contributed by atoms with Crippen LogP contribution in [0.15, 0.2) is 36.7 Å². The molecule has 0 aliphatic heterocycles. The molecule has 4 aromatic rings. The lowest BCUT2D eigenvalue weighted by molar-refractivity contribution is -0.119. The molecule has 1 aliphatic carbocycles. The Morgan fingerprint density at radius 1 is 1.15 bits per heavy atom. The van der Waals surface area contributed by atoms with E-state index in [-0.39, 0.29) is 34.3 Å². The van der Waals surface area contributed by atoms with Crippen LogP contribution >= 0.6 is 11.3 Å². The predicted molar refractivity (Wildman–Crippen MR) is 142 cm³/mol. The molecule has 0 radical (unpaired) electrons. The number of pyridine rings is 1. The summed E-state index contributed by atoms with van der Waals surface area (Å²) < 4.78 is 32.4. The third-order valence-corrected chi connectivity index (χ3v) is 6.77. The Morgan fingerprint density at radius 3 is 2.69 bits per heavy atom. The van der Waals surface area contributed by atoms with E-state index in [4.69, 9.17) is 4.74 Å². The number of carbonyl (C=O) groups excluding carboxylic acids is 2. The van der Waals surface area contributed by atoms with Gasteiger partial charge < -0.3 is 10.1 Å². The zero-order valence-electron chi connectivity index (χ0n) is 20.9. The normalized spacial score (nSPS) is 12.6. The lowest BCUT2D eigenvalue weighted by Crippen LogP contribution is -2.20. The number of aromatic nitrogens is 4. The number of likely N-dealkylation sites (N-methyl/N-ethyl adjacent to an activating group) is 1. The van der Waals surface area contributed by atoms with Crippen LogP contribution in [0, 0.1) is 17.8 Å². The lowest BCUT2D eigenvalue weighted by atomic mass is 9.95. The number of methoxy groups -OCH3 is 1. The number of thiazole rings is 1. The van der Waals surface area contributed by atoms with Crippen molar-refractivity contribution >= 4 is 38.8 Å². The monoisotopic (exact) mass is 548 g/mol. The largest absolute Gasteiger partial charge is 0.494 e. The molecule has 1 fully saturated rings. The molecule has 0 unspecified atom stereocenters. The van der Waals surface area contributed by atoms with Crippen molar-refractivity contribution in [3.05, 3.63) is 59.2 Å². The molecule has 0 atom stereocenters. The highest BCUT2D eigenvalue weighted by Crippen LogP contribution is 2.36. The van der Waals surface area contributed by atoms with Gasteiger partial charge in [-0.1, -0.05) is 23.3 Å². The zero-order chi connectivity index (χ0) is 27.5. The quantitative estimate of drug-likeness (QED) is 0.329. The van der Waals surface area contributed by atoms with E-state index in [1.54, 1.807) is 18.3 Å². The maximum atomic E-state index is 13.5. The molecule has 1 aromatic carbocycles. The average molecular weight is 549 g/mol. The number of hydrogen-bond donors (Lipinski definition) is 2. The standard InChI is InChI=1S/C27H22F2N6O3S/c1-30-22(36)10-15-6-8-17(18(9-15)19-11-20(23(28)29)31-13-21(19)38-2)25(37)35-27-34-24-26(39-27)33-16(12-32-24)7-5-14-3-4-14/h6,8-9,11-14,23H,3-4,10H2,1-2H3,(H,30,36)(H,32,34,35,37). The van der Waals surface area contributed by atoms with Gasteiger partial charge in [-0.05, 0) is 48.1 Å². The van der Waals surface area contributed by atoms with Crippen molar-refractivity contribution in [1.82, 2.24) is 25.3 Å². The average Bonchev–Trinajstić information content (AvgIpc) is 3.69. The molecule has 0 saturated heterocycles. The van der Waals surface area contributed by atoms with Gasteiger partial charge in [-0.3, -0.25) is 19.9 Å². The van der Waals surface area contributed by atoms with Crippen LogP contribution in [-0.4, -0.2) is 45.9 Å². The first-order chi connectivity index (χ1) is 18.8. The molecule has 1 saturated carbocycles. The van der Waals surface area contributed by atoms with Crippen molar-refractivity contribution in [1.29, 1.82) is 0 Å². The van der Waals surface area contributed by atoms with E-state index in [1.165, 1.54) is 32.5 Å². The van der Waals surface area contributed by atoms with Crippen molar-refractivity contribution in [3.63, 3.8) is 0 Å². The molecule has 2 amide bonds. The Bertz CT molecular complexity index is 1640. The molecule has 3 aromatic heterocycles. The van der Waals surface area contributed by atoms with Gasteiger partial charge in [0.05, 0.1) is 25.9 Å². The second kappa shape index (κ2) is 11.1. The summed E-state index contributed by atoms with van der Waals surface area (Å²) in [5.74, 6) is 5.98. The SMILES string of the molecule is CNC(=O)Cc1ccc(C(=O)Nc2nc3ncc(C#CC4CC4)nc3s2)c(-c2cc(C(F)F)ncc2OC)c1. The van der Waals surface area contributed by atoms with Gasteiger partial charge in [0, 0.05) is 24.1 Å². The molecule has 2 N–H and O–H groups in total. The van der Waals surface area contributed by atoms with Gasteiger partial charge in [-0.25, -0.2) is 18.7 Å². The lowest BCUT2D eigenvalue weighted by Gasteiger charge is -2.15. The second-order valence-electron chi connectivity index (χ2n) is 8.74. The predicted octanol–water partition coefficient (Wildman–Crippen LogP) is 4.40. The Labute approximate surface area is 226 Å². The van der Waals surface area contributed by atoms with Gasteiger partial charge in [0.2, 0.25) is 5.91 Å². The Kier molecular flexibility index (Phi) is 7.42. The van der Waals surface area contributed by atoms with E-state index < -0.39 is 18.0 Å². The topological polar surface area (TPSA) is 119 Å². The van der Waals surface area contributed by atoms with Gasteiger partial charge >= 0.3 is 0 Å². The number of carbonyl (C=O) groups is 2. The number of amides is 2. The third kappa shape index (κ3) is 5.99. The molecule has 3 heterocycles. The first kappa shape index (κ1) is 26.1. The molecule has 1 aliphatic rings. The van der Waals surface area contributed by atoms with Crippen LogP contribution in [0.25, 0.3) is 21.6 Å². The summed E-state index contributed by atoms with van der Waals surface area (Å²) in [5, 5.41) is 5.56. The van der Waals surface area contributed by atoms with E-state index >= 15 is 0 Å². The molecular weight excluding hydrogens is 526 g/mol. The Hall–Kier alpha value is -4.50. The van der Waals surface area contributed by atoms with Crippen LogP contribution in [0.2, 0.25) is 0 Å². The van der Waals surface area contributed by atoms with Crippen LogP contribution in [0.1, 0.15) is 46.6 Å². The van der Waals surface area contributed by atoms with E-state index in [9.17, 15) is 18.4 Å². The number of nitrogens with zero attached hydrogens (tertiary/aromatic N) is 4. The number of halogens is 2. The van der Waals surface area contributed by atoms with Crippen LogP contribution in [0.4, 0.5) is 13.9 Å². The van der Waals surface area contributed by atoms with Crippen LogP contribution in [0.5, 0.6) is 5.75 Å². The highest BCUT2D eigenvalue weighted by atomic mass is 32.1. The smallest absolute Gasteiger partial charge is 0.280 e. The maximum Gasteiger partial charge on any atom is 0.280 e. The molecule has 5 rings (SSSR count). The molecular formula is C27H22F2N6O3S. The fraction of sp³-hybridized carbons (Fsp3) is 0.259. The number of ether oxygens (including phenoxy) is 1. The molecule has 0 bridgehead atoms. The van der Waals surface area contributed by atoms with Crippen molar-refractivity contribution < 1.29 is 23.1 Å². The summed E-state index contributed by atoms with van der Waals surface area (Å²) in [7, 11) is 2.89. The third-order valence-electron chi connectivity index (χ3n) is 5.92. The Morgan fingerprint density at radius 2 is 1.97 bits per heavy atom. The molecule has 0 spiro atoms. The highest BCUT2D eigenvalue weighted by molar-refractivity contribution is 7.21. The summed E-state index contributed by atoms with van der Waals surface area (Å²) in [5.41, 5.74) is 1.69. The number of rotatable bonds is 7. The summed E-state index contributed by atoms with van der Waals surface area (Å²) in [6.07, 6.45) is 2.12. The van der Waals surface area contributed by atoms with Crippen molar-refractivity contribution in [2.24, 2.45) is 5.92 Å². The van der Waals surface area contributed by atoms with Crippen molar-refractivity contribution in [2.75, 3.05) is 19.5 Å². The number of fused-ring (bicyclic) bond motifs is 1. The van der Waals surface area contributed by atoms with Crippen molar-refractivity contribution in [3.8, 4) is 28.7 Å². The zero-order valence-corrected chi connectivity index (χ0v) is 21.7. The molecule has 39 heavy (non-hydrogen) atoms. The van der Waals surface area contributed by atoms with Gasteiger partial charge in [0.1, 0.15) is 17.1 Å². The van der Waals surface area contributed by atoms with Gasteiger partial charge in [0.25, 0.3) is 12.3 Å². The van der Waals surface area contributed by atoms with E-state index in [0.717, 1.165) is 24.2 Å². The van der Waals surface area contributed by atoms with E-state index in [0.29, 0.717) is 33.2 Å². The number of benzene rings is 1. The minimum atomic E-state index is -2.83. The second-order valence-corrected chi connectivity index (χ2v) is 9.72. The van der Waals surface area contributed by atoms with Gasteiger partial charge in [-0.15, -0.1) is 0 Å². The fourth-order valence-electron chi connectivity index (χ4n) is 3.75. The van der Waals surface area contributed by atoms with E-state index in [2.05, 4.69) is 42.4 Å². The minimum absolute atomic E-state index is 0.0294. The number of anilines is 1. The van der Waals surface area contributed by atoms with Crippen LogP contribution < -0.4 is 15.4 Å². The fourth-order valence-corrected chi connectivity index (χ4v) is 4.54. The number of hydrogen-bond acceptors (Lipinski definition) is 8. The first-order valence-electron chi connectivity index (χ1n) is 12.0.